The van der Waals surface area contributed by atoms with Gasteiger partial charge in [-0.25, -0.2) is 0 Å². The van der Waals surface area contributed by atoms with E-state index in [9.17, 15) is 4.79 Å². The van der Waals surface area contributed by atoms with E-state index in [4.69, 9.17) is 0 Å². The third kappa shape index (κ3) is 1.47. The molecule has 11 heavy (non-hydrogen) atoms. The van der Waals surface area contributed by atoms with Crippen molar-refractivity contribution in [2.45, 2.75) is 44.9 Å². The number of hydrogen-bond donors (Lipinski definition) is 0. The van der Waals surface area contributed by atoms with Gasteiger partial charge in [0.15, 0.2) is 0 Å². The molecule has 2 saturated carbocycles. The standard InChI is InChI=1S/C10H16O/c11-10-6-8-4-2-1-3-5-9(8)7-10/h8-9H,1-7H2/t8-,9-/m0/s1. The van der Waals surface area contributed by atoms with Gasteiger partial charge in [0, 0.05) is 12.8 Å². The summed E-state index contributed by atoms with van der Waals surface area (Å²) in [5, 5.41) is 0. The summed E-state index contributed by atoms with van der Waals surface area (Å²) in [5.41, 5.74) is 0. The minimum absolute atomic E-state index is 0.530. The first-order valence-corrected chi connectivity index (χ1v) is 4.88. The average Bonchev–Trinajstić information content (AvgIpc) is 2.17. The molecule has 0 aliphatic heterocycles. The first-order valence-electron chi connectivity index (χ1n) is 4.88. The van der Waals surface area contributed by atoms with Gasteiger partial charge in [-0.2, -0.15) is 0 Å². The predicted octanol–water partition coefficient (Wildman–Crippen LogP) is 2.55. The summed E-state index contributed by atoms with van der Waals surface area (Å²) in [7, 11) is 0. The van der Waals surface area contributed by atoms with E-state index in [0.29, 0.717) is 5.78 Å². The van der Waals surface area contributed by atoms with Crippen LogP contribution in [0.25, 0.3) is 0 Å². The zero-order valence-electron chi connectivity index (χ0n) is 7.01. The van der Waals surface area contributed by atoms with Gasteiger partial charge in [0.25, 0.3) is 0 Å². The van der Waals surface area contributed by atoms with Crippen molar-refractivity contribution in [2.24, 2.45) is 11.8 Å². The number of ketones is 1. The summed E-state index contributed by atoms with van der Waals surface area (Å²) >= 11 is 0. The fourth-order valence-corrected chi connectivity index (χ4v) is 2.67. The maximum atomic E-state index is 11.1. The lowest BCUT2D eigenvalue weighted by atomic mass is 9.92. The van der Waals surface area contributed by atoms with Gasteiger partial charge < -0.3 is 0 Å². The largest absolute Gasteiger partial charge is 0.300 e. The molecule has 2 atom stereocenters. The molecular formula is C10H16O. The first kappa shape index (κ1) is 7.33. The van der Waals surface area contributed by atoms with E-state index in [1.165, 1.54) is 32.1 Å². The Hall–Kier alpha value is -0.330. The van der Waals surface area contributed by atoms with Gasteiger partial charge >= 0.3 is 0 Å². The monoisotopic (exact) mass is 152 g/mol. The Balaban J connectivity index is 2.01. The maximum absolute atomic E-state index is 11.1. The van der Waals surface area contributed by atoms with Gasteiger partial charge in [0.2, 0.25) is 0 Å². The van der Waals surface area contributed by atoms with Gasteiger partial charge in [-0.3, -0.25) is 4.79 Å². The SMILES string of the molecule is O=C1C[C@@H]2CCCCC[C@H]2C1. The van der Waals surface area contributed by atoms with Crippen LogP contribution in [-0.2, 0) is 4.79 Å². The lowest BCUT2D eigenvalue weighted by molar-refractivity contribution is -0.117. The number of fused-ring (bicyclic) bond motifs is 1. The first-order chi connectivity index (χ1) is 5.36. The van der Waals surface area contributed by atoms with Gasteiger partial charge in [0.1, 0.15) is 5.78 Å². The van der Waals surface area contributed by atoms with Gasteiger partial charge in [0.05, 0.1) is 0 Å². The van der Waals surface area contributed by atoms with Crippen LogP contribution in [0.4, 0.5) is 0 Å². The topological polar surface area (TPSA) is 17.1 Å². The average molecular weight is 152 g/mol. The zero-order valence-corrected chi connectivity index (χ0v) is 7.01. The summed E-state index contributed by atoms with van der Waals surface area (Å²) in [6.45, 7) is 0. The number of rotatable bonds is 0. The highest BCUT2D eigenvalue weighted by Crippen LogP contribution is 2.38. The molecule has 0 spiro atoms. The van der Waals surface area contributed by atoms with Crippen LogP contribution in [0.15, 0.2) is 0 Å². The molecule has 0 aromatic carbocycles. The summed E-state index contributed by atoms with van der Waals surface area (Å²) in [6, 6.07) is 0. The number of Topliss-reactive ketones (excluding diaryl/α,β-unsaturated/α-hetero) is 1. The van der Waals surface area contributed by atoms with Crippen molar-refractivity contribution in [3.8, 4) is 0 Å². The van der Waals surface area contributed by atoms with E-state index in [1.54, 1.807) is 0 Å². The Morgan fingerprint density at radius 1 is 0.909 bits per heavy atom. The zero-order chi connectivity index (χ0) is 7.68. The van der Waals surface area contributed by atoms with Crippen LogP contribution >= 0.6 is 0 Å². The highest BCUT2D eigenvalue weighted by Gasteiger charge is 2.32. The Bertz CT molecular complexity index is 146. The van der Waals surface area contributed by atoms with Crippen molar-refractivity contribution < 1.29 is 4.79 Å². The van der Waals surface area contributed by atoms with E-state index in [0.717, 1.165) is 24.7 Å². The normalized spacial score (nSPS) is 38.4. The number of hydrogen-bond acceptors (Lipinski definition) is 1. The quantitative estimate of drug-likeness (QED) is 0.521. The minimum atomic E-state index is 0.530. The van der Waals surface area contributed by atoms with Crippen LogP contribution in [-0.4, -0.2) is 5.78 Å². The van der Waals surface area contributed by atoms with Gasteiger partial charge in [-0.15, -0.1) is 0 Å². The molecule has 2 rings (SSSR count). The summed E-state index contributed by atoms with van der Waals surface area (Å²) in [6.07, 6.45) is 8.62. The summed E-state index contributed by atoms with van der Waals surface area (Å²) < 4.78 is 0. The van der Waals surface area contributed by atoms with Crippen molar-refractivity contribution in [1.82, 2.24) is 0 Å². The second-order valence-corrected chi connectivity index (χ2v) is 4.11. The van der Waals surface area contributed by atoms with Crippen LogP contribution in [0.3, 0.4) is 0 Å². The predicted molar refractivity (Wildman–Crippen MR) is 44.3 cm³/mol. The molecule has 2 aliphatic carbocycles. The Morgan fingerprint density at radius 2 is 1.45 bits per heavy atom. The van der Waals surface area contributed by atoms with Crippen LogP contribution in [0, 0.1) is 11.8 Å². The van der Waals surface area contributed by atoms with E-state index in [-0.39, 0.29) is 0 Å². The van der Waals surface area contributed by atoms with E-state index in [1.807, 2.05) is 0 Å². The molecular weight excluding hydrogens is 136 g/mol. The molecule has 0 unspecified atom stereocenters. The van der Waals surface area contributed by atoms with Gasteiger partial charge in [-0.1, -0.05) is 19.3 Å². The van der Waals surface area contributed by atoms with Crippen LogP contribution < -0.4 is 0 Å². The molecule has 0 radical (unpaired) electrons. The maximum Gasteiger partial charge on any atom is 0.133 e. The summed E-state index contributed by atoms with van der Waals surface area (Å²) in [5.74, 6) is 2.09. The molecule has 0 aromatic rings. The lowest BCUT2D eigenvalue weighted by Gasteiger charge is -2.13. The molecule has 0 aromatic heterocycles. The fraction of sp³-hybridized carbons (Fsp3) is 0.900. The van der Waals surface area contributed by atoms with Crippen molar-refractivity contribution in [3.63, 3.8) is 0 Å². The molecule has 1 heteroatoms. The molecule has 2 fully saturated rings. The highest BCUT2D eigenvalue weighted by molar-refractivity contribution is 5.81. The Kier molecular flexibility index (Phi) is 1.97. The molecule has 2 aliphatic rings. The van der Waals surface area contributed by atoms with Crippen LogP contribution in [0.5, 0.6) is 0 Å². The van der Waals surface area contributed by atoms with Crippen molar-refractivity contribution in [2.75, 3.05) is 0 Å². The lowest BCUT2D eigenvalue weighted by Crippen LogP contribution is -2.04. The Labute approximate surface area is 68.2 Å². The summed E-state index contributed by atoms with van der Waals surface area (Å²) in [4.78, 5) is 11.1. The van der Waals surface area contributed by atoms with Gasteiger partial charge in [-0.05, 0) is 24.7 Å². The highest BCUT2D eigenvalue weighted by atomic mass is 16.1. The minimum Gasteiger partial charge on any atom is -0.300 e. The molecule has 0 saturated heterocycles. The third-order valence-corrected chi connectivity index (χ3v) is 3.30. The number of carbonyl (C=O) groups is 1. The molecule has 1 nitrogen and oxygen atoms in total. The third-order valence-electron chi connectivity index (χ3n) is 3.30. The molecule has 0 bridgehead atoms. The second kappa shape index (κ2) is 2.96. The molecule has 0 heterocycles. The fourth-order valence-electron chi connectivity index (χ4n) is 2.67. The van der Waals surface area contributed by atoms with Crippen LogP contribution in [0.2, 0.25) is 0 Å². The Morgan fingerprint density at radius 3 is 2.00 bits per heavy atom. The van der Waals surface area contributed by atoms with Crippen molar-refractivity contribution in [1.29, 1.82) is 0 Å². The van der Waals surface area contributed by atoms with Crippen molar-refractivity contribution in [3.05, 3.63) is 0 Å². The van der Waals surface area contributed by atoms with Crippen LogP contribution in [0.1, 0.15) is 44.9 Å². The van der Waals surface area contributed by atoms with E-state index in [2.05, 4.69) is 0 Å². The number of carbonyl (C=O) groups excluding carboxylic acids is 1. The second-order valence-electron chi connectivity index (χ2n) is 4.11. The molecule has 0 amide bonds. The van der Waals surface area contributed by atoms with E-state index >= 15 is 0 Å². The van der Waals surface area contributed by atoms with Crippen molar-refractivity contribution >= 4 is 5.78 Å². The smallest absolute Gasteiger partial charge is 0.133 e. The van der Waals surface area contributed by atoms with E-state index < -0.39 is 0 Å². The molecule has 62 valence electrons. The molecule has 0 N–H and O–H groups in total.